The third kappa shape index (κ3) is 4.44. The lowest BCUT2D eigenvalue weighted by Gasteiger charge is -2.34. The third-order valence-electron chi connectivity index (χ3n) is 7.01. The number of nitrogens with zero attached hydrogens (tertiary/aromatic N) is 6. The number of halogens is 6. The largest absolute Gasteiger partial charge is 0.417 e. The molecule has 0 atom stereocenters. The van der Waals surface area contributed by atoms with Gasteiger partial charge in [-0.2, -0.15) is 31.4 Å². The van der Waals surface area contributed by atoms with E-state index in [2.05, 4.69) is 15.1 Å². The molecule has 0 aliphatic heterocycles. The monoisotopic (exact) mass is 565 g/mol. The number of hydrazine groups is 1. The van der Waals surface area contributed by atoms with Crippen molar-refractivity contribution in [3.05, 3.63) is 59.5 Å². The lowest BCUT2D eigenvalue weighted by atomic mass is 10.1. The number of amides is 2. The van der Waals surface area contributed by atoms with E-state index in [-0.39, 0.29) is 17.1 Å². The van der Waals surface area contributed by atoms with Gasteiger partial charge >= 0.3 is 12.4 Å². The number of aromatic nitrogens is 4. The van der Waals surface area contributed by atoms with Crippen LogP contribution < -0.4 is 5.73 Å². The van der Waals surface area contributed by atoms with Gasteiger partial charge in [0.2, 0.25) is 0 Å². The summed E-state index contributed by atoms with van der Waals surface area (Å²) in [5, 5.41) is 6.43. The summed E-state index contributed by atoms with van der Waals surface area (Å²) in [6.07, 6.45) is -8.36. The maximum atomic E-state index is 13.8. The van der Waals surface area contributed by atoms with Gasteiger partial charge in [0.05, 0.1) is 40.4 Å². The number of nitrogen functional groups attached to an aromatic ring is 1. The molecule has 210 valence electrons. The van der Waals surface area contributed by atoms with Crippen LogP contribution in [0.4, 0.5) is 32.2 Å². The Labute approximate surface area is 222 Å². The van der Waals surface area contributed by atoms with Crippen molar-refractivity contribution in [3.63, 3.8) is 0 Å². The number of benzene rings is 1. The molecule has 2 N–H and O–H groups in total. The Kier molecular flexibility index (Phi) is 6.15. The number of anilines is 1. The number of alkyl halides is 6. The number of nitrogens with two attached hydrogens (primary N) is 1. The van der Waals surface area contributed by atoms with E-state index in [0.717, 1.165) is 24.2 Å². The van der Waals surface area contributed by atoms with Gasteiger partial charge in [0, 0.05) is 31.2 Å². The minimum Gasteiger partial charge on any atom is -0.383 e. The second-order valence-electron chi connectivity index (χ2n) is 9.57. The summed E-state index contributed by atoms with van der Waals surface area (Å²) in [4.78, 5) is 34.9. The molecule has 0 radical (unpaired) electrons. The first-order chi connectivity index (χ1) is 18.6. The number of aryl methyl sites for hydroxylation is 1. The molecule has 1 aliphatic carbocycles. The molecule has 0 saturated heterocycles. The Morgan fingerprint density at radius 3 is 2.33 bits per heavy atom. The van der Waals surface area contributed by atoms with Crippen molar-refractivity contribution >= 4 is 39.4 Å². The van der Waals surface area contributed by atoms with E-state index in [1.54, 1.807) is 7.05 Å². The molecular weight excluding hydrogens is 544 g/mol. The van der Waals surface area contributed by atoms with Crippen LogP contribution in [0.2, 0.25) is 0 Å². The normalized spacial score (nSPS) is 14.9. The molecular formula is C25H21F6N7O2. The van der Waals surface area contributed by atoms with Gasteiger partial charge in [-0.3, -0.25) is 24.3 Å². The van der Waals surface area contributed by atoms with Crippen LogP contribution in [0.1, 0.15) is 34.5 Å². The van der Waals surface area contributed by atoms with Crippen LogP contribution in [0.5, 0.6) is 0 Å². The Bertz CT molecular complexity index is 1640. The summed E-state index contributed by atoms with van der Waals surface area (Å²) in [6, 6.07) is 6.01. The molecule has 15 heteroatoms. The van der Waals surface area contributed by atoms with Crippen molar-refractivity contribution in [2.45, 2.75) is 31.7 Å². The van der Waals surface area contributed by atoms with Crippen LogP contribution in [-0.2, 0) is 24.6 Å². The van der Waals surface area contributed by atoms with Gasteiger partial charge in [-0.15, -0.1) is 0 Å². The van der Waals surface area contributed by atoms with Gasteiger partial charge in [-0.05, 0) is 43.2 Å². The first-order valence-electron chi connectivity index (χ1n) is 11.8. The zero-order valence-electron chi connectivity index (χ0n) is 21.0. The van der Waals surface area contributed by atoms with E-state index >= 15 is 0 Å². The van der Waals surface area contributed by atoms with Crippen molar-refractivity contribution in [1.29, 1.82) is 0 Å². The second kappa shape index (κ2) is 9.06. The highest BCUT2D eigenvalue weighted by Crippen LogP contribution is 2.58. The number of carbonyl (C=O) groups excluding carboxylic acids is 2. The van der Waals surface area contributed by atoms with Crippen LogP contribution in [-0.4, -0.2) is 54.8 Å². The fraction of sp³-hybridized carbons (Fsp3) is 0.320. The predicted octanol–water partition coefficient (Wildman–Crippen LogP) is 4.48. The molecule has 9 nitrogen and oxygen atoms in total. The molecule has 2 amide bonds. The highest BCUT2D eigenvalue weighted by molar-refractivity contribution is 6.10. The van der Waals surface area contributed by atoms with Gasteiger partial charge < -0.3 is 5.73 Å². The predicted molar refractivity (Wildman–Crippen MR) is 130 cm³/mol. The van der Waals surface area contributed by atoms with E-state index < -0.39 is 54.5 Å². The minimum atomic E-state index is -4.85. The van der Waals surface area contributed by atoms with Crippen molar-refractivity contribution in [3.8, 4) is 0 Å². The maximum Gasteiger partial charge on any atom is 0.417 e. The zero-order valence-corrected chi connectivity index (χ0v) is 21.0. The zero-order chi connectivity index (χ0) is 29.2. The lowest BCUT2D eigenvalue weighted by Crippen LogP contribution is -2.52. The average Bonchev–Trinajstić information content (AvgIpc) is 3.63. The van der Waals surface area contributed by atoms with E-state index in [9.17, 15) is 35.9 Å². The number of hydrogen-bond acceptors (Lipinski definition) is 6. The van der Waals surface area contributed by atoms with Crippen LogP contribution in [0.3, 0.4) is 0 Å². The van der Waals surface area contributed by atoms with Crippen molar-refractivity contribution < 1.29 is 35.9 Å². The van der Waals surface area contributed by atoms with Crippen LogP contribution >= 0.6 is 0 Å². The Morgan fingerprint density at radius 1 is 1.05 bits per heavy atom. The molecule has 1 aromatic carbocycles. The van der Waals surface area contributed by atoms with Crippen molar-refractivity contribution in [2.75, 3.05) is 12.8 Å². The summed E-state index contributed by atoms with van der Waals surface area (Å²) < 4.78 is 81.8. The van der Waals surface area contributed by atoms with Gasteiger partial charge in [-0.1, -0.05) is 0 Å². The highest BCUT2D eigenvalue weighted by atomic mass is 19.4. The molecule has 0 spiro atoms. The van der Waals surface area contributed by atoms with Gasteiger partial charge in [0.1, 0.15) is 11.2 Å². The Hall–Kier alpha value is -4.43. The molecule has 1 aliphatic rings. The minimum absolute atomic E-state index is 0.0232. The number of carbonyl (C=O) groups is 2. The first-order valence-corrected chi connectivity index (χ1v) is 11.8. The summed E-state index contributed by atoms with van der Waals surface area (Å²) in [5.41, 5.74) is 3.18. The number of pyridine rings is 2. The second-order valence-corrected chi connectivity index (χ2v) is 9.57. The smallest absolute Gasteiger partial charge is 0.383 e. The van der Waals surface area contributed by atoms with Crippen LogP contribution in [0.25, 0.3) is 21.8 Å². The van der Waals surface area contributed by atoms with E-state index in [1.165, 1.54) is 29.1 Å². The van der Waals surface area contributed by atoms with E-state index in [1.807, 2.05) is 0 Å². The molecule has 1 fully saturated rings. The van der Waals surface area contributed by atoms with Gasteiger partial charge in [0.15, 0.2) is 0 Å². The van der Waals surface area contributed by atoms with Gasteiger partial charge in [0.25, 0.3) is 11.8 Å². The third-order valence-corrected chi connectivity index (χ3v) is 7.01. The average molecular weight is 565 g/mol. The van der Waals surface area contributed by atoms with Crippen LogP contribution in [0.15, 0.2) is 42.7 Å². The summed E-state index contributed by atoms with van der Waals surface area (Å²) in [5.74, 6) is -2.04. The first kappa shape index (κ1) is 27.1. The molecule has 40 heavy (non-hydrogen) atoms. The summed E-state index contributed by atoms with van der Waals surface area (Å²) >= 11 is 0. The lowest BCUT2D eigenvalue weighted by molar-refractivity contribution is -0.204. The Balaban J connectivity index is 1.56. The molecule has 3 aromatic heterocycles. The highest BCUT2D eigenvalue weighted by Gasteiger charge is 2.69. The standard InChI is InChI=1S/C25H21F6N7O2/c1-36-19-16-9-13(3-6-18(16)35-20(32)17(19)11-34-36)21(39)38(12-15-5-4-14(10-33-15)24(26,27)28)37(2)22(40)23(7-8-23)25(29,30)31/h3-6,9-11H,7-8,12H2,1-2H3,(H2,32,35). The molecule has 4 aromatic rings. The fourth-order valence-corrected chi connectivity index (χ4v) is 4.56. The fourth-order valence-electron chi connectivity index (χ4n) is 4.56. The van der Waals surface area contributed by atoms with Crippen molar-refractivity contribution in [2.24, 2.45) is 12.5 Å². The topological polar surface area (TPSA) is 110 Å². The van der Waals surface area contributed by atoms with Crippen LogP contribution in [0, 0.1) is 5.41 Å². The quantitative estimate of drug-likeness (QED) is 0.289. The Morgan fingerprint density at radius 2 is 1.75 bits per heavy atom. The summed E-state index contributed by atoms with van der Waals surface area (Å²) in [6.45, 7) is -0.577. The molecule has 1 saturated carbocycles. The van der Waals surface area contributed by atoms with Crippen molar-refractivity contribution in [1.82, 2.24) is 29.8 Å². The molecule has 0 bridgehead atoms. The number of fused-ring (bicyclic) bond motifs is 3. The number of hydrogen-bond donors (Lipinski definition) is 1. The van der Waals surface area contributed by atoms with E-state index in [0.29, 0.717) is 33.0 Å². The number of rotatable bonds is 4. The maximum absolute atomic E-state index is 13.8. The van der Waals surface area contributed by atoms with Gasteiger partial charge in [-0.25, -0.2) is 9.99 Å². The summed E-state index contributed by atoms with van der Waals surface area (Å²) in [7, 11) is 2.66. The molecule has 5 rings (SSSR count). The molecule has 0 unspecified atom stereocenters. The van der Waals surface area contributed by atoms with E-state index in [4.69, 9.17) is 5.73 Å². The SMILES string of the molecule is CN(C(=O)C1(C(F)(F)F)CC1)N(Cc1ccc(C(F)(F)F)cn1)C(=O)c1ccc2nc(N)c3cnn(C)c3c2c1. The molecule has 3 heterocycles.